The molecule has 0 aliphatic heterocycles. The van der Waals surface area contributed by atoms with Gasteiger partial charge in [-0.15, -0.1) is 0 Å². The number of benzene rings is 1. The molecule has 4 heteroatoms. The summed E-state index contributed by atoms with van der Waals surface area (Å²) < 4.78 is 10.6. The summed E-state index contributed by atoms with van der Waals surface area (Å²) in [6.07, 6.45) is 2.91. The lowest BCUT2D eigenvalue weighted by molar-refractivity contribution is -0.145. The van der Waals surface area contributed by atoms with Crippen LogP contribution in [0.25, 0.3) is 0 Å². The Hall–Kier alpha value is -1.39. The topological polar surface area (TPSA) is 55.8 Å². The number of carbonyl (C=O) groups excluding carboxylic acids is 1. The first-order chi connectivity index (χ1) is 10.7. The van der Waals surface area contributed by atoms with Gasteiger partial charge in [-0.3, -0.25) is 4.79 Å². The van der Waals surface area contributed by atoms with E-state index in [4.69, 9.17) is 9.47 Å². The van der Waals surface area contributed by atoms with Gasteiger partial charge in [-0.1, -0.05) is 36.8 Å². The first-order valence-electron chi connectivity index (χ1n) is 8.16. The Kier molecular flexibility index (Phi) is 6.87. The molecule has 1 aromatic carbocycles. The Morgan fingerprint density at radius 3 is 2.82 bits per heavy atom. The van der Waals surface area contributed by atoms with Crippen molar-refractivity contribution in [2.45, 2.75) is 45.3 Å². The highest BCUT2D eigenvalue weighted by Crippen LogP contribution is 2.36. The molecule has 1 N–H and O–H groups in total. The zero-order valence-electron chi connectivity index (χ0n) is 13.2. The minimum Gasteiger partial charge on any atom is -0.466 e. The number of esters is 1. The first-order valence-corrected chi connectivity index (χ1v) is 8.16. The number of carbonyl (C=O) groups is 1. The van der Waals surface area contributed by atoms with E-state index in [1.807, 2.05) is 37.3 Å². The van der Waals surface area contributed by atoms with Crippen molar-refractivity contribution in [2.75, 3.05) is 13.2 Å². The predicted molar refractivity (Wildman–Crippen MR) is 84.2 cm³/mol. The summed E-state index contributed by atoms with van der Waals surface area (Å²) in [6.45, 7) is 3.06. The van der Waals surface area contributed by atoms with Crippen molar-refractivity contribution < 1.29 is 19.4 Å². The minimum atomic E-state index is -0.509. The molecular formula is C18H26O4. The van der Waals surface area contributed by atoms with E-state index in [-0.39, 0.29) is 17.8 Å². The Morgan fingerprint density at radius 2 is 2.09 bits per heavy atom. The van der Waals surface area contributed by atoms with E-state index in [1.54, 1.807) is 0 Å². The van der Waals surface area contributed by atoms with Crippen LogP contribution in [0.5, 0.6) is 0 Å². The summed E-state index contributed by atoms with van der Waals surface area (Å²) in [7, 11) is 0. The molecule has 4 nitrogen and oxygen atoms in total. The molecule has 0 spiro atoms. The van der Waals surface area contributed by atoms with Gasteiger partial charge in [0.25, 0.3) is 0 Å². The van der Waals surface area contributed by atoms with Gasteiger partial charge >= 0.3 is 5.97 Å². The molecule has 1 fully saturated rings. The Morgan fingerprint density at radius 1 is 1.32 bits per heavy atom. The number of hydrogen-bond acceptors (Lipinski definition) is 4. The summed E-state index contributed by atoms with van der Waals surface area (Å²) >= 11 is 0. The van der Waals surface area contributed by atoms with Crippen LogP contribution in [0, 0.1) is 11.8 Å². The standard InChI is InChI=1S/C18H26O4/c1-2-22-18(20)11-15-9-6-10-16(15)17(19)13-21-12-14-7-4-3-5-8-14/h3-5,7-8,15-17,19H,2,6,9-13H2,1H3/t15-,16-,17+/m1/s1. The molecule has 122 valence electrons. The molecule has 1 aromatic rings. The van der Waals surface area contributed by atoms with Gasteiger partial charge in [0.15, 0.2) is 0 Å². The van der Waals surface area contributed by atoms with Crippen LogP contribution in [0.2, 0.25) is 0 Å². The highest BCUT2D eigenvalue weighted by atomic mass is 16.5. The van der Waals surface area contributed by atoms with E-state index in [9.17, 15) is 9.90 Å². The minimum absolute atomic E-state index is 0.139. The molecule has 1 aliphatic carbocycles. The van der Waals surface area contributed by atoms with Crippen LogP contribution in [0.15, 0.2) is 30.3 Å². The second-order valence-corrected chi connectivity index (χ2v) is 5.93. The zero-order chi connectivity index (χ0) is 15.8. The molecular weight excluding hydrogens is 280 g/mol. The largest absolute Gasteiger partial charge is 0.466 e. The monoisotopic (exact) mass is 306 g/mol. The maximum absolute atomic E-state index is 11.6. The number of rotatable bonds is 8. The molecule has 0 radical (unpaired) electrons. The highest BCUT2D eigenvalue weighted by Gasteiger charge is 2.34. The Bertz CT molecular complexity index is 446. The molecule has 1 aliphatic rings. The molecule has 0 bridgehead atoms. The van der Waals surface area contributed by atoms with Gasteiger partial charge < -0.3 is 14.6 Å². The molecule has 0 heterocycles. The lowest BCUT2D eigenvalue weighted by Crippen LogP contribution is -2.30. The normalized spacial score (nSPS) is 22.5. The summed E-state index contributed by atoms with van der Waals surface area (Å²) in [5, 5.41) is 10.4. The number of hydrogen-bond donors (Lipinski definition) is 1. The van der Waals surface area contributed by atoms with Crippen LogP contribution in [0.3, 0.4) is 0 Å². The van der Waals surface area contributed by atoms with E-state index < -0.39 is 6.10 Å². The quantitative estimate of drug-likeness (QED) is 0.750. The summed E-state index contributed by atoms with van der Waals surface area (Å²) in [5.41, 5.74) is 1.10. The maximum atomic E-state index is 11.6. The number of ether oxygens (including phenoxy) is 2. The van der Waals surface area contributed by atoms with Gasteiger partial charge in [0.1, 0.15) is 0 Å². The Labute approximate surface area is 132 Å². The third-order valence-electron chi connectivity index (χ3n) is 4.35. The van der Waals surface area contributed by atoms with Crippen molar-refractivity contribution in [3.8, 4) is 0 Å². The first kappa shape index (κ1) is 17.0. The van der Waals surface area contributed by atoms with E-state index in [0.29, 0.717) is 26.2 Å². The smallest absolute Gasteiger partial charge is 0.306 e. The third kappa shape index (κ3) is 5.11. The molecule has 2 rings (SSSR count). The van der Waals surface area contributed by atoms with Gasteiger partial charge in [-0.25, -0.2) is 0 Å². The fourth-order valence-corrected chi connectivity index (χ4v) is 3.25. The lowest BCUT2D eigenvalue weighted by Gasteiger charge is -2.24. The number of aliphatic hydroxyl groups excluding tert-OH is 1. The fraction of sp³-hybridized carbons (Fsp3) is 0.611. The second kappa shape index (κ2) is 8.91. The van der Waals surface area contributed by atoms with Crippen LogP contribution in [0.1, 0.15) is 38.2 Å². The van der Waals surface area contributed by atoms with Crippen molar-refractivity contribution in [3.05, 3.63) is 35.9 Å². The van der Waals surface area contributed by atoms with Crippen molar-refractivity contribution in [1.82, 2.24) is 0 Å². The predicted octanol–water partition coefficient (Wildman–Crippen LogP) is 2.93. The van der Waals surface area contributed by atoms with Gasteiger partial charge in [-0.2, -0.15) is 0 Å². The van der Waals surface area contributed by atoms with E-state index >= 15 is 0 Å². The lowest BCUT2D eigenvalue weighted by atomic mass is 9.88. The fourth-order valence-electron chi connectivity index (χ4n) is 3.25. The summed E-state index contributed by atoms with van der Waals surface area (Å²) in [4.78, 5) is 11.6. The zero-order valence-corrected chi connectivity index (χ0v) is 13.2. The van der Waals surface area contributed by atoms with Crippen molar-refractivity contribution in [2.24, 2.45) is 11.8 Å². The second-order valence-electron chi connectivity index (χ2n) is 5.93. The van der Waals surface area contributed by atoms with Crippen LogP contribution < -0.4 is 0 Å². The molecule has 0 unspecified atom stereocenters. The number of aliphatic hydroxyl groups is 1. The van der Waals surface area contributed by atoms with Crippen molar-refractivity contribution in [1.29, 1.82) is 0 Å². The summed E-state index contributed by atoms with van der Waals surface area (Å²) in [6, 6.07) is 9.93. The van der Waals surface area contributed by atoms with Gasteiger partial charge in [0.2, 0.25) is 0 Å². The molecule has 0 saturated heterocycles. The highest BCUT2D eigenvalue weighted by molar-refractivity contribution is 5.69. The van der Waals surface area contributed by atoms with Crippen LogP contribution in [-0.2, 0) is 20.9 Å². The SMILES string of the molecule is CCOC(=O)C[C@H]1CCC[C@H]1[C@@H](O)COCc1ccccc1. The van der Waals surface area contributed by atoms with Gasteiger partial charge in [0, 0.05) is 6.42 Å². The van der Waals surface area contributed by atoms with E-state index in [2.05, 4.69) is 0 Å². The van der Waals surface area contributed by atoms with Gasteiger partial charge in [0.05, 0.1) is 25.9 Å². The molecule has 0 amide bonds. The average molecular weight is 306 g/mol. The average Bonchev–Trinajstić information content (AvgIpc) is 2.96. The van der Waals surface area contributed by atoms with Crippen LogP contribution in [0.4, 0.5) is 0 Å². The van der Waals surface area contributed by atoms with Crippen molar-refractivity contribution >= 4 is 5.97 Å². The summed E-state index contributed by atoms with van der Waals surface area (Å²) in [5.74, 6) is 0.200. The van der Waals surface area contributed by atoms with Crippen LogP contribution >= 0.6 is 0 Å². The maximum Gasteiger partial charge on any atom is 0.306 e. The van der Waals surface area contributed by atoms with E-state index in [1.165, 1.54) is 0 Å². The molecule has 22 heavy (non-hydrogen) atoms. The third-order valence-corrected chi connectivity index (χ3v) is 4.35. The molecule has 3 atom stereocenters. The van der Waals surface area contributed by atoms with Crippen LogP contribution in [-0.4, -0.2) is 30.4 Å². The Balaban J connectivity index is 1.75. The molecule has 0 aromatic heterocycles. The van der Waals surface area contributed by atoms with E-state index in [0.717, 1.165) is 24.8 Å². The van der Waals surface area contributed by atoms with Crippen molar-refractivity contribution in [3.63, 3.8) is 0 Å². The molecule has 1 saturated carbocycles. The van der Waals surface area contributed by atoms with Gasteiger partial charge in [-0.05, 0) is 37.2 Å².